The molecule has 156 valence electrons. The van der Waals surface area contributed by atoms with Crippen LogP contribution in [-0.2, 0) is 4.74 Å². The molecule has 1 aromatic carbocycles. The van der Waals surface area contributed by atoms with Gasteiger partial charge in [0, 0.05) is 25.1 Å². The van der Waals surface area contributed by atoms with Gasteiger partial charge in [-0.2, -0.15) is 0 Å². The molecule has 3 aliphatic rings. The molecule has 0 aromatic heterocycles. The highest BCUT2D eigenvalue weighted by Crippen LogP contribution is 2.50. The standard InChI is InChI=1S/C22H31F2NO3/c1-25-18-9-4-3-6-14(18)20(15-11-10-13(27-2)12-19(15)25)22(26)28-21-16(23)7-5-8-17(21)24/h5,7-8,13-15,18-20,22,26H,3-4,6,9-12H2,1-2H3. The van der Waals surface area contributed by atoms with E-state index in [2.05, 4.69) is 11.9 Å². The first kappa shape index (κ1) is 20.0. The van der Waals surface area contributed by atoms with Crippen LogP contribution in [0.3, 0.4) is 0 Å². The number of methoxy groups -OCH3 is 1. The normalized spacial score (nSPS) is 37.0. The summed E-state index contributed by atoms with van der Waals surface area (Å²) in [6, 6.07) is 4.30. The fraction of sp³-hybridized carbons (Fsp3) is 0.727. The fourth-order valence-electron chi connectivity index (χ4n) is 6.14. The van der Waals surface area contributed by atoms with Gasteiger partial charge in [-0.25, -0.2) is 8.78 Å². The average molecular weight is 395 g/mol. The van der Waals surface area contributed by atoms with Crippen LogP contribution in [0.4, 0.5) is 8.78 Å². The molecule has 0 bridgehead atoms. The summed E-state index contributed by atoms with van der Waals surface area (Å²) in [5.41, 5.74) is 0. The Morgan fingerprint density at radius 1 is 1.04 bits per heavy atom. The first-order chi connectivity index (χ1) is 13.5. The van der Waals surface area contributed by atoms with Gasteiger partial charge in [0.05, 0.1) is 6.10 Å². The molecule has 1 heterocycles. The molecule has 1 N–H and O–H groups in total. The summed E-state index contributed by atoms with van der Waals surface area (Å²) in [5, 5.41) is 11.1. The number of ether oxygens (including phenoxy) is 2. The highest BCUT2D eigenvalue weighted by Gasteiger charge is 2.53. The van der Waals surface area contributed by atoms with Crippen molar-refractivity contribution in [3.8, 4) is 5.75 Å². The van der Waals surface area contributed by atoms with Crippen LogP contribution in [0.25, 0.3) is 0 Å². The molecule has 0 radical (unpaired) electrons. The van der Waals surface area contributed by atoms with E-state index in [1.165, 1.54) is 12.5 Å². The smallest absolute Gasteiger partial charge is 0.201 e. The van der Waals surface area contributed by atoms with E-state index in [9.17, 15) is 13.9 Å². The van der Waals surface area contributed by atoms with Gasteiger partial charge in [0.2, 0.25) is 6.29 Å². The second kappa shape index (κ2) is 8.25. The molecule has 3 fully saturated rings. The summed E-state index contributed by atoms with van der Waals surface area (Å²) in [6.07, 6.45) is 6.26. The Kier molecular flexibility index (Phi) is 5.91. The molecule has 6 heteroatoms. The second-order valence-electron chi connectivity index (χ2n) is 8.72. The number of hydrogen-bond donors (Lipinski definition) is 1. The van der Waals surface area contributed by atoms with Crippen LogP contribution < -0.4 is 4.74 Å². The van der Waals surface area contributed by atoms with Crippen molar-refractivity contribution in [3.05, 3.63) is 29.8 Å². The van der Waals surface area contributed by atoms with E-state index in [-0.39, 0.29) is 23.9 Å². The number of likely N-dealkylation sites (tertiary alicyclic amines) is 1. The molecule has 1 aliphatic heterocycles. The van der Waals surface area contributed by atoms with E-state index in [0.717, 1.165) is 50.7 Å². The Hall–Kier alpha value is -1.24. The zero-order valence-corrected chi connectivity index (χ0v) is 16.7. The molecule has 0 spiro atoms. The third-order valence-corrected chi connectivity index (χ3v) is 7.46. The van der Waals surface area contributed by atoms with Gasteiger partial charge >= 0.3 is 0 Å². The van der Waals surface area contributed by atoms with Gasteiger partial charge in [0.25, 0.3) is 0 Å². The van der Waals surface area contributed by atoms with E-state index in [4.69, 9.17) is 9.47 Å². The number of nitrogens with zero attached hydrogens (tertiary/aromatic N) is 1. The van der Waals surface area contributed by atoms with Gasteiger partial charge in [-0.15, -0.1) is 0 Å². The van der Waals surface area contributed by atoms with E-state index < -0.39 is 23.7 Å². The van der Waals surface area contributed by atoms with Crippen LogP contribution in [0.15, 0.2) is 18.2 Å². The summed E-state index contributed by atoms with van der Waals surface area (Å²) >= 11 is 0. The van der Waals surface area contributed by atoms with Gasteiger partial charge in [0.15, 0.2) is 17.4 Å². The van der Waals surface area contributed by atoms with Crippen LogP contribution in [0, 0.1) is 29.4 Å². The van der Waals surface area contributed by atoms with Gasteiger partial charge in [-0.3, -0.25) is 4.90 Å². The monoisotopic (exact) mass is 395 g/mol. The van der Waals surface area contributed by atoms with Crippen LogP contribution in [-0.4, -0.2) is 48.6 Å². The van der Waals surface area contributed by atoms with Crippen molar-refractivity contribution in [2.75, 3.05) is 14.2 Å². The molecule has 7 atom stereocenters. The van der Waals surface area contributed by atoms with Gasteiger partial charge in [-0.05, 0) is 63.1 Å². The highest BCUT2D eigenvalue weighted by molar-refractivity contribution is 5.26. The van der Waals surface area contributed by atoms with Crippen molar-refractivity contribution >= 4 is 0 Å². The molecular weight excluding hydrogens is 364 g/mol. The molecule has 28 heavy (non-hydrogen) atoms. The summed E-state index contributed by atoms with van der Waals surface area (Å²) in [7, 11) is 3.95. The fourth-order valence-corrected chi connectivity index (χ4v) is 6.14. The maximum Gasteiger partial charge on any atom is 0.201 e. The van der Waals surface area contributed by atoms with Crippen LogP contribution in [0.5, 0.6) is 5.75 Å². The molecule has 4 nitrogen and oxygen atoms in total. The van der Waals surface area contributed by atoms with E-state index in [1.54, 1.807) is 7.11 Å². The molecule has 0 amide bonds. The molecule has 2 aliphatic carbocycles. The van der Waals surface area contributed by atoms with Crippen LogP contribution >= 0.6 is 0 Å². The Bertz CT molecular complexity index is 667. The minimum Gasteiger partial charge on any atom is -0.459 e. The average Bonchev–Trinajstić information content (AvgIpc) is 2.71. The lowest BCUT2D eigenvalue weighted by atomic mass is 9.61. The van der Waals surface area contributed by atoms with Crippen molar-refractivity contribution in [3.63, 3.8) is 0 Å². The topological polar surface area (TPSA) is 41.9 Å². The number of hydrogen-bond acceptors (Lipinski definition) is 4. The second-order valence-corrected chi connectivity index (χ2v) is 8.72. The van der Waals surface area contributed by atoms with Gasteiger partial charge in [0.1, 0.15) is 0 Å². The number of aliphatic hydroxyl groups excluding tert-OH is 1. The van der Waals surface area contributed by atoms with Crippen molar-refractivity contribution in [2.24, 2.45) is 17.8 Å². The van der Waals surface area contributed by atoms with E-state index >= 15 is 0 Å². The zero-order valence-electron chi connectivity index (χ0n) is 16.7. The van der Waals surface area contributed by atoms with Crippen molar-refractivity contribution < 1.29 is 23.4 Å². The summed E-state index contributed by atoms with van der Waals surface area (Å²) in [6.45, 7) is 0. The third kappa shape index (κ3) is 3.55. The van der Waals surface area contributed by atoms with E-state index in [0.29, 0.717) is 12.1 Å². The van der Waals surface area contributed by atoms with Crippen LogP contribution in [0.2, 0.25) is 0 Å². The number of piperidine rings is 1. The minimum absolute atomic E-state index is 0.122. The molecule has 1 aromatic rings. The minimum atomic E-state index is -1.21. The number of fused-ring (bicyclic) bond motifs is 2. The number of rotatable bonds is 4. The van der Waals surface area contributed by atoms with Crippen molar-refractivity contribution in [1.29, 1.82) is 0 Å². The molecule has 7 unspecified atom stereocenters. The number of benzene rings is 1. The largest absolute Gasteiger partial charge is 0.459 e. The quantitative estimate of drug-likeness (QED) is 0.784. The Morgan fingerprint density at radius 3 is 2.43 bits per heavy atom. The summed E-state index contributed by atoms with van der Waals surface area (Å²) in [4.78, 5) is 2.49. The van der Waals surface area contributed by atoms with Crippen molar-refractivity contribution in [2.45, 2.75) is 69.4 Å². The lowest BCUT2D eigenvalue weighted by molar-refractivity contribution is -0.174. The van der Waals surface area contributed by atoms with Gasteiger partial charge in [-0.1, -0.05) is 18.9 Å². The number of aliphatic hydroxyl groups is 1. The number of halogens is 2. The summed E-state index contributed by atoms with van der Waals surface area (Å²) in [5.74, 6) is -1.62. The third-order valence-electron chi connectivity index (χ3n) is 7.46. The molecule has 4 rings (SSSR count). The van der Waals surface area contributed by atoms with E-state index in [1.807, 2.05) is 0 Å². The Morgan fingerprint density at radius 2 is 1.71 bits per heavy atom. The lowest BCUT2D eigenvalue weighted by Gasteiger charge is -2.57. The molecular formula is C22H31F2NO3. The molecule has 1 saturated heterocycles. The highest BCUT2D eigenvalue weighted by atomic mass is 19.1. The molecule has 2 saturated carbocycles. The maximum absolute atomic E-state index is 14.1. The predicted octanol–water partition coefficient (Wildman–Crippen LogP) is 3.97. The Balaban J connectivity index is 1.62. The van der Waals surface area contributed by atoms with Crippen LogP contribution in [0.1, 0.15) is 44.9 Å². The lowest BCUT2D eigenvalue weighted by Crippen LogP contribution is -2.63. The number of para-hydroxylation sites is 1. The van der Waals surface area contributed by atoms with Gasteiger partial charge < -0.3 is 14.6 Å². The zero-order chi connectivity index (χ0) is 19.8. The predicted molar refractivity (Wildman–Crippen MR) is 102 cm³/mol. The first-order valence-electron chi connectivity index (χ1n) is 10.5. The van der Waals surface area contributed by atoms with Crippen molar-refractivity contribution in [1.82, 2.24) is 4.90 Å². The summed E-state index contributed by atoms with van der Waals surface area (Å²) < 4.78 is 39.4. The maximum atomic E-state index is 14.1. The SMILES string of the molecule is COC1CCC2C(C(O)Oc3c(F)cccc3F)C3CCCCC3N(C)C2C1. The first-order valence-corrected chi connectivity index (χ1v) is 10.5. The Labute approximate surface area is 165 Å².